The summed E-state index contributed by atoms with van der Waals surface area (Å²) in [5.41, 5.74) is 5.47. The first-order valence-electron chi connectivity index (χ1n) is 7.95. The van der Waals surface area contributed by atoms with Crippen molar-refractivity contribution < 1.29 is 27.5 Å². The van der Waals surface area contributed by atoms with Gasteiger partial charge in [-0.1, -0.05) is 0 Å². The van der Waals surface area contributed by atoms with Gasteiger partial charge in [0, 0.05) is 40.5 Å². The average Bonchev–Trinajstić information content (AvgIpc) is 2.54. The fourth-order valence-corrected chi connectivity index (χ4v) is 4.76. The third-order valence-corrected chi connectivity index (χ3v) is 6.23. The van der Waals surface area contributed by atoms with Gasteiger partial charge in [-0.25, -0.2) is 0 Å². The Kier molecular flexibility index (Phi) is 13.2. The standard InChI is InChI=1S/C14H34N2O6Si/c1-12(17-4)20-23(21-13(2)18-5,22-14(3)19-6)11-7-9-16-10-8-15/h12-14,16H,7-11,15H2,1-6H3. The highest BCUT2D eigenvalue weighted by atomic mass is 28.4. The summed E-state index contributed by atoms with van der Waals surface area (Å²) in [6, 6.07) is 0.611. The topological polar surface area (TPSA) is 93.4 Å². The Bertz CT molecular complexity index is 257. The number of nitrogens with one attached hydrogen (secondary N) is 1. The number of nitrogens with two attached hydrogens (primary N) is 1. The molecule has 0 radical (unpaired) electrons. The molecule has 0 aromatic heterocycles. The third-order valence-electron chi connectivity index (χ3n) is 3.19. The van der Waals surface area contributed by atoms with Crippen molar-refractivity contribution in [3.05, 3.63) is 0 Å². The van der Waals surface area contributed by atoms with E-state index in [1.54, 1.807) is 42.1 Å². The monoisotopic (exact) mass is 354 g/mol. The van der Waals surface area contributed by atoms with Gasteiger partial charge in [-0.05, 0) is 33.7 Å². The summed E-state index contributed by atoms with van der Waals surface area (Å²) >= 11 is 0. The van der Waals surface area contributed by atoms with Crippen LogP contribution in [0.25, 0.3) is 0 Å². The predicted octanol–water partition coefficient (Wildman–Crippen LogP) is 0.891. The highest BCUT2D eigenvalue weighted by molar-refractivity contribution is 6.60. The first-order valence-corrected chi connectivity index (χ1v) is 9.88. The molecule has 3 atom stereocenters. The molecule has 0 aromatic carbocycles. The van der Waals surface area contributed by atoms with Gasteiger partial charge in [-0.2, -0.15) is 0 Å². The van der Waals surface area contributed by atoms with E-state index >= 15 is 0 Å². The van der Waals surface area contributed by atoms with Crippen LogP contribution in [-0.4, -0.2) is 68.6 Å². The molecule has 9 heteroatoms. The van der Waals surface area contributed by atoms with E-state index in [0.29, 0.717) is 12.6 Å². The van der Waals surface area contributed by atoms with E-state index in [2.05, 4.69) is 5.32 Å². The highest BCUT2D eigenvalue weighted by Crippen LogP contribution is 2.24. The van der Waals surface area contributed by atoms with Crippen LogP contribution in [0.1, 0.15) is 27.2 Å². The van der Waals surface area contributed by atoms with Crippen LogP contribution in [0.15, 0.2) is 0 Å². The van der Waals surface area contributed by atoms with Crippen LogP contribution < -0.4 is 11.1 Å². The third kappa shape index (κ3) is 10.4. The molecular weight excluding hydrogens is 320 g/mol. The van der Waals surface area contributed by atoms with E-state index < -0.39 is 27.7 Å². The maximum Gasteiger partial charge on any atom is 0.506 e. The molecule has 0 fully saturated rings. The largest absolute Gasteiger partial charge is 0.506 e. The van der Waals surface area contributed by atoms with Crippen molar-refractivity contribution in [2.45, 2.75) is 52.1 Å². The van der Waals surface area contributed by atoms with E-state index in [-0.39, 0.29) is 0 Å². The van der Waals surface area contributed by atoms with Gasteiger partial charge >= 0.3 is 8.80 Å². The first kappa shape index (κ1) is 22.9. The van der Waals surface area contributed by atoms with Crippen molar-refractivity contribution in [1.29, 1.82) is 0 Å². The molecule has 0 aliphatic rings. The van der Waals surface area contributed by atoms with Gasteiger partial charge in [0.2, 0.25) is 0 Å². The molecule has 0 aromatic rings. The zero-order valence-corrected chi connectivity index (χ0v) is 16.3. The van der Waals surface area contributed by atoms with E-state index in [0.717, 1.165) is 19.5 Å². The molecule has 0 amide bonds. The van der Waals surface area contributed by atoms with Gasteiger partial charge in [0.25, 0.3) is 0 Å². The molecule has 0 saturated carbocycles. The first-order chi connectivity index (χ1) is 10.9. The predicted molar refractivity (Wildman–Crippen MR) is 89.8 cm³/mol. The van der Waals surface area contributed by atoms with Crippen LogP contribution in [0.5, 0.6) is 0 Å². The van der Waals surface area contributed by atoms with Gasteiger partial charge in [-0.3, -0.25) is 0 Å². The SMILES string of the molecule is COC(C)O[Si](CCCNCCN)(OC(C)OC)OC(C)OC. The summed E-state index contributed by atoms with van der Waals surface area (Å²) in [6.07, 6.45) is -0.541. The van der Waals surface area contributed by atoms with E-state index in [9.17, 15) is 0 Å². The van der Waals surface area contributed by atoms with E-state index in [1.807, 2.05) is 0 Å². The molecule has 0 spiro atoms. The summed E-state index contributed by atoms with van der Waals surface area (Å²) in [6.45, 7) is 7.58. The zero-order valence-electron chi connectivity index (χ0n) is 15.3. The normalized spacial score (nSPS) is 18.4. The minimum atomic E-state index is -3.05. The van der Waals surface area contributed by atoms with Crippen molar-refractivity contribution >= 4 is 8.80 Å². The molecule has 3 unspecified atom stereocenters. The van der Waals surface area contributed by atoms with Crippen molar-refractivity contribution in [1.82, 2.24) is 5.32 Å². The number of rotatable bonds is 15. The summed E-state index contributed by atoms with van der Waals surface area (Å²) in [5, 5.41) is 3.25. The molecule has 0 saturated heterocycles. The number of hydrogen-bond donors (Lipinski definition) is 2. The Morgan fingerprint density at radius 1 is 0.826 bits per heavy atom. The molecule has 23 heavy (non-hydrogen) atoms. The lowest BCUT2D eigenvalue weighted by atomic mass is 10.5. The Morgan fingerprint density at radius 3 is 1.61 bits per heavy atom. The van der Waals surface area contributed by atoms with Crippen molar-refractivity contribution in [3.8, 4) is 0 Å². The molecule has 8 nitrogen and oxygen atoms in total. The van der Waals surface area contributed by atoms with Crippen LogP contribution in [0, 0.1) is 0 Å². The minimum absolute atomic E-state index is 0.452. The fourth-order valence-electron chi connectivity index (χ4n) is 1.82. The van der Waals surface area contributed by atoms with Crippen molar-refractivity contribution in [2.75, 3.05) is 41.0 Å². The van der Waals surface area contributed by atoms with Gasteiger partial charge in [0.05, 0.1) is 0 Å². The summed E-state index contributed by atoms with van der Waals surface area (Å²) < 4.78 is 33.7. The lowest BCUT2D eigenvalue weighted by molar-refractivity contribution is -0.163. The lowest BCUT2D eigenvalue weighted by Gasteiger charge is -2.35. The van der Waals surface area contributed by atoms with Gasteiger partial charge in [0.15, 0.2) is 0 Å². The molecular formula is C14H34N2O6Si. The zero-order chi connectivity index (χ0) is 17.7. The van der Waals surface area contributed by atoms with Crippen LogP contribution in [0.3, 0.4) is 0 Å². The van der Waals surface area contributed by atoms with Crippen LogP contribution >= 0.6 is 0 Å². The molecule has 140 valence electrons. The van der Waals surface area contributed by atoms with Crippen molar-refractivity contribution in [3.63, 3.8) is 0 Å². The molecule has 0 aliphatic heterocycles. The highest BCUT2D eigenvalue weighted by Gasteiger charge is 2.45. The lowest BCUT2D eigenvalue weighted by Crippen LogP contribution is -2.52. The Balaban J connectivity index is 4.94. The van der Waals surface area contributed by atoms with Crippen LogP contribution in [0.2, 0.25) is 6.04 Å². The van der Waals surface area contributed by atoms with E-state index in [1.165, 1.54) is 0 Å². The summed E-state index contributed by atoms with van der Waals surface area (Å²) in [5.74, 6) is 0. The fraction of sp³-hybridized carbons (Fsp3) is 1.00. The average molecular weight is 355 g/mol. The minimum Gasteiger partial charge on any atom is -0.357 e. The second kappa shape index (κ2) is 13.2. The van der Waals surface area contributed by atoms with Crippen LogP contribution in [0.4, 0.5) is 0 Å². The maximum atomic E-state index is 6.00. The number of methoxy groups -OCH3 is 3. The summed E-state index contributed by atoms with van der Waals surface area (Å²) in [7, 11) is 1.67. The molecule has 3 N–H and O–H groups in total. The van der Waals surface area contributed by atoms with Gasteiger partial charge < -0.3 is 38.5 Å². The Labute approximate surface area is 141 Å². The quantitative estimate of drug-likeness (QED) is 0.254. The molecule has 0 aliphatic carbocycles. The molecule has 0 rings (SSSR count). The van der Waals surface area contributed by atoms with Crippen LogP contribution in [-0.2, 0) is 27.5 Å². The second-order valence-corrected chi connectivity index (χ2v) is 7.66. The van der Waals surface area contributed by atoms with Crippen molar-refractivity contribution in [2.24, 2.45) is 5.73 Å². The number of ether oxygens (including phenoxy) is 3. The smallest absolute Gasteiger partial charge is 0.357 e. The van der Waals surface area contributed by atoms with Gasteiger partial charge in [-0.15, -0.1) is 0 Å². The summed E-state index contributed by atoms with van der Waals surface area (Å²) in [4.78, 5) is 0. The second-order valence-electron chi connectivity index (χ2n) is 5.09. The molecule has 0 heterocycles. The van der Waals surface area contributed by atoms with E-state index in [4.69, 9.17) is 33.2 Å². The Hall–Kier alpha value is -0.103. The van der Waals surface area contributed by atoms with Gasteiger partial charge in [0.1, 0.15) is 18.9 Å². The number of hydrogen-bond acceptors (Lipinski definition) is 8. The Morgan fingerprint density at radius 2 is 1.26 bits per heavy atom. The molecule has 0 bridgehead atoms. The maximum absolute atomic E-state index is 6.00.